The topological polar surface area (TPSA) is 41.6 Å². The molecule has 1 N–H and O–H groups in total. The van der Waals surface area contributed by atoms with Gasteiger partial charge in [0.15, 0.2) is 0 Å². The van der Waals surface area contributed by atoms with Crippen LogP contribution in [0.15, 0.2) is 18.2 Å². The van der Waals surface area contributed by atoms with Crippen molar-refractivity contribution in [1.29, 1.82) is 0 Å². The number of benzene rings is 1. The van der Waals surface area contributed by atoms with Crippen LogP contribution in [0.5, 0.6) is 0 Å². The van der Waals surface area contributed by atoms with Crippen LogP contribution in [0, 0.1) is 0 Å². The van der Waals surface area contributed by atoms with E-state index in [9.17, 15) is 0 Å². The van der Waals surface area contributed by atoms with Gasteiger partial charge in [-0.05, 0) is 12.1 Å². The second-order valence-corrected chi connectivity index (χ2v) is 2.34. The van der Waals surface area contributed by atoms with Gasteiger partial charge in [0.25, 0.3) is 0 Å². The first-order valence-electron chi connectivity index (χ1n) is 2.83. The Kier molecular flexibility index (Phi) is 1.11. The van der Waals surface area contributed by atoms with Gasteiger partial charge in [0.05, 0.1) is 5.02 Å². The number of hydrogen-bond acceptors (Lipinski definition) is 2. The lowest BCUT2D eigenvalue weighted by molar-refractivity contribution is 0.959. The summed E-state index contributed by atoms with van der Waals surface area (Å²) in [6, 6.07) is 5.48. The summed E-state index contributed by atoms with van der Waals surface area (Å²) in [6.07, 6.45) is 0. The maximum Gasteiger partial charge on any atom is 0.131 e. The third-order valence-corrected chi connectivity index (χ3v) is 1.60. The Morgan fingerprint density at radius 2 is 2.20 bits per heavy atom. The summed E-state index contributed by atoms with van der Waals surface area (Å²) < 4.78 is 0. The molecule has 2 rings (SSSR count). The fourth-order valence-electron chi connectivity index (χ4n) is 0.834. The van der Waals surface area contributed by atoms with Gasteiger partial charge < -0.3 is 0 Å². The Bertz CT molecular complexity index is 355. The summed E-state index contributed by atoms with van der Waals surface area (Å²) in [5.74, 6) is 0. The summed E-state index contributed by atoms with van der Waals surface area (Å²) in [6.45, 7) is 0. The molecule has 1 aromatic carbocycles. The molecule has 0 atom stereocenters. The molecule has 0 amide bonds. The highest BCUT2D eigenvalue weighted by molar-refractivity contribution is 6.34. The molecule has 4 heteroatoms. The molecule has 0 fully saturated rings. The van der Waals surface area contributed by atoms with Crippen LogP contribution >= 0.6 is 11.6 Å². The van der Waals surface area contributed by atoms with Crippen molar-refractivity contribution in [3.8, 4) is 0 Å². The lowest BCUT2D eigenvalue weighted by Crippen LogP contribution is -1.68. The van der Waals surface area contributed by atoms with E-state index in [1.807, 2.05) is 12.1 Å². The van der Waals surface area contributed by atoms with Gasteiger partial charge in [-0.2, -0.15) is 15.4 Å². The number of nitrogens with one attached hydrogen (secondary N) is 1. The van der Waals surface area contributed by atoms with E-state index in [4.69, 9.17) is 11.6 Å². The van der Waals surface area contributed by atoms with Crippen molar-refractivity contribution in [2.45, 2.75) is 0 Å². The van der Waals surface area contributed by atoms with E-state index in [0.717, 1.165) is 11.0 Å². The van der Waals surface area contributed by atoms with Crippen LogP contribution in [0.1, 0.15) is 0 Å². The zero-order chi connectivity index (χ0) is 6.97. The highest BCUT2D eigenvalue weighted by Crippen LogP contribution is 2.17. The number of para-hydroxylation sites is 1. The molecule has 50 valence electrons. The summed E-state index contributed by atoms with van der Waals surface area (Å²) in [4.78, 5) is 0. The van der Waals surface area contributed by atoms with Gasteiger partial charge in [-0.3, -0.25) is 0 Å². The molecule has 0 bridgehead atoms. The molecule has 0 aliphatic carbocycles. The van der Waals surface area contributed by atoms with Crippen LogP contribution in [-0.4, -0.2) is 15.4 Å². The molecule has 0 spiro atoms. The average Bonchev–Trinajstić information content (AvgIpc) is 2.36. The van der Waals surface area contributed by atoms with Gasteiger partial charge in [0, 0.05) is 0 Å². The molecule has 0 unspecified atom stereocenters. The summed E-state index contributed by atoms with van der Waals surface area (Å²) in [7, 11) is 0. The zero-order valence-electron chi connectivity index (χ0n) is 5.00. The average molecular weight is 154 g/mol. The maximum absolute atomic E-state index is 5.78. The first-order chi connectivity index (χ1) is 4.88. The normalized spacial score (nSPS) is 10.5. The minimum atomic E-state index is 0.631. The highest BCUT2D eigenvalue weighted by Gasteiger charge is 1.99. The van der Waals surface area contributed by atoms with E-state index in [1.54, 1.807) is 6.07 Å². The van der Waals surface area contributed by atoms with E-state index in [1.165, 1.54) is 0 Å². The quantitative estimate of drug-likeness (QED) is 0.625. The van der Waals surface area contributed by atoms with Crippen molar-refractivity contribution < 1.29 is 0 Å². The predicted octanol–water partition coefficient (Wildman–Crippen LogP) is 1.61. The molecule has 1 heterocycles. The van der Waals surface area contributed by atoms with E-state index in [2.05, 4.69) is 15.4 Å². The summed E-state index contributed by atoms with van der Waals surface area (Å²) in [5, 5.41) is 10.8. The molecule has 0 aliphatic heterocycles. The third-order valence-electron chi connectivity index (χ3n) is 1.30. The van der Waals surface area contributed by atoms with Gasteiger partial charge in [-0.15, -0.1) is 0 Å². The molecular formula is C6H4ClN3. The predicted molar refractivity (Wildman–Crippen MR) is 38.9 cm³/mol. The van der Waals surface area contributed by atoms with E-state index in [0.29, 0.717) is 5.02 Å². The smallest absolute Gasteiger partial charge is 0.131 e. The van der Waals surface area contributed by atoms with E-state index >= 15 is 0 Å². The van der Waals surface area contributed by atoms with E-state index in [-0.39, 0.29) is 0 Å². The van der Waals surface area contributed by atoms with Crippen molar-refractivity contribution in [3.05, 3.63) is 23.2 Å². The molecule has 2 aromatic rings. The molecule has 0 saturated heterocycles. The number of hydrogen-bond donors (Lipinski definition) is 1. The van der Waals surface area contributed by atoms with Crippen molar-refractivity contribution in [2.24, 2.45) is 0 Å². The van der Waals surface area contributed by atoms with Crippen LogP contribution in [0.2, 0.25) is 5.02 Å². The highest BCUT2D eigenvalue weighted by atomic mass is 35.5. The standard InChI is InChI=1S/C6H4ClN3/c7-4-2-1-3-5-6(4)9-10-8-5/h1-3H,(H,8,9,10). The Labute approximate surface area is 62.0 Å². The Hall–Kier alpha value is -1.09. The first kappa shape index (κ1) is 5.68. The van der Waals surface area contributed by atoms with Gasteiger partial charge in [-0.1, -0.05) is 17.7 Å². The van der Waals surface area contributed by atoms with Gasteiger partial charge in [0.2, 0.25) is 0 Å². The largest absolute Gasteiger partial charge is 0.197 e. The van der Waals surface area contributed by atoms with Crippen molar-refractivity contribution in [2.75, 3.05) is 0 Å². The second kappa shape index (κ2) is 1.95. The summed E-state index contributed by atoms with van der Waals surface area (Å²) >= 11 is 5.78. The zero-order valence-corrected chi connectivity index (χ0v) is 5.76. The van der Waals surface area contributed by atoms with Crippen molar-refractivity contribution in [1.82, 2.24) is 15.4 Å². The van der Waals surface area contributed by atoms with Crippen molar-refractivity contribution in [3.63, 3.8) is 0 Å². The number of rotatable bonds is 0. The van der Waals surface area contributed by atoms with Gasteiger partial charge in [-0.25, -0.2) is 0 Å². The van der Waals surface area contributed by atoms with Crippen LogP contribution in [0.3, 0.4) is 0 Å². The number of halogens is 1. The fraction of sp³-hybridized carbons (Fsp3) is 0. The Balaban J connectivity index is 2.95. The maximum atomic E-state index is 5.78. The monoisotopic (exact) mass is 153 g/mol. The minimum absolute atomic E-state index is 0.631. The number of aromatic nitrogens is 3. The Morgan fingerprint density at radius 3 is 3.00 bits per heavy atom. The third kappa shape index (κ3) is 0.675. The molecular weight excluding hydrogens is 150 g/mol. The lowest BCUT2D eigenvalue weighted by atomic mass is 10.3. The molecule has 10 heavy (non-hydrogen) atoms. The number of H-pyrrole nitrogens is 1. The number of aromatic amines is 1. The van der Waals surface area contributed by atoms with Crippen LogP contribution in [-0.2, 0) is 0 Å². The Morgan fingerprint density at radius 1 is 1.30 bits per heavy atom. The molecule has 3 nitrogen and oxygen atoms in total. The molecule has 0 saturated carbocycles. The number of nitrogens with zero attached hydrogens (tertiary/aromatic N) is 2. The molecule has 0 aliphatic rings. The number of fused-ring (bicyclic) bond motifs is 1. The van der Waals surface area contributed by atoms with E-state index < -0.39 is 0 Å². The summed E-state index contributed by atoms with van der Waals surface area (Å²) in [5.41, 5.74) is 1.52. The van der Waals surface area contributed by atoms with Crippen LogP contribution in [0.25, 0.3) is 11.0 Å². The van der Waals surface area contributed by atoms with Crippen molar-refractivity contribution >= 4 is 22.6 Å². The lowest BCUT2D eigenvalue weighted by Gasteiger charge is -1.85. The molecule has 1 aromatic heterocycles. The SMILES string of the molecule is Clc1cccc2n[nH]nc12. The van der Waals surface area contributed by atoms with Gasteiger partial charge in [0.1, 0.15) is 11.0 Å². The molecule has 0 radical (unpaired) electrons. The van der Waals surface area contributed by atoms with Gasteiger partial charge >= 0.3 is 0 Å². The fourth-order valence-corrected chi connectivity index (χ4v) is 1.05. The van der Waals surface area contributed by atoms with Crippen LogP contribution in [0.4, 0.5) is 0 Å². The first-order valence-corrected chi connectivity index (χ1v) is 3.21. The minimum Gasteiger partial charge on any atom is -0.197 e. The second-order valence-electron chi connectivity index (χ2n) is 1.93. The van der Waals surface area contributed by atoms with Crippen LogP contribution < -0.4 is 0 Å².